The van der Waals surface area contributed by atoms with Crippen molar-refractivity contribution in [3.05, 3.63) is 35.4 Å². The van der Waals surface area contributed by atoms with Crippen molar-refractivity contribution < 1.29 is 4.79 Å². The number of carbonyl (C=O) groups excluding carboxylic acids is 1. The minimum absolute atomic E-state index is 0.137. The highest BCUT2D eigenvalue weighted by Crippen LogP contribution is 2.09. The first-order chi connectivity index (χ1) is 8.75. The Hall–Kier alpha value is -1.35. The second-order valence-corrected chi connectivity index (χ2v) is 5.07. The van der Waals surface area contributed by atoms with Gasteiger partial charge in [0.1, 0.15) is 0 Å². The molecule has 1 saturated heterocycles. The number of aryl methyl sites for hydroxylation is 1. The van der Waals surface area contributed by atoms with Gasteiger partial charge in [-0.3, -0.25) is 4.79 Å². The van der Waals surface area contributed by atoms with Crippen molar-refractivity contribution >= 4 is 5.91 Å². The molecule has 18 heavy (non-hydrogen) atoms. The molecule has 0 aromatic heterocycles. The van der Waals surface area contributed by atoms with Crippen LogP contribution in [0.2, 0.25) is 0 Å². The van der Waals surface area contributed by atoms with Gasteiger partial charge in [-0.2, -0.15) is 0 Å². The van der Waals surface area contributed by atoms with E-state index in [2.05, 4.69) is 23.6 Å². The molecule has 2 rings (SSSR count). The average molecular weight is 246 g/mol. The van der Waals surface area contributed by atoms with Crippen LogP contribution in [0.5, 0.6) is 0 Å². The fourth-order valence-electron chi connectivity index (χ4n) is 2.40. The quantitative estimate of drug-likeness (QED) is 0.854. The van der Waals surface area contributed by atoms with E-state index in [9.17, 15) is 4.79 Å². The van der Waals surface area contributed by atoms with Gasteiger partial charge in [-0.25, -0.2) is 0 Å². The highest BCUT2D eigenvalue weighted by Gasteiger charge is 2.14. The summed E-state index contributed by atoms with van der Waals surface area (Å²) in [5.41, 5.74) is 2.31. The lowest BCUT2D eigenvalue weighted by atomic mass is 10.1. The monoisotopic (exact) mass is 246 g/mol. The molecule has 1 heterocycles. The number of nitrogens with one attached hydrogen (secondary N) is 2. The third kappa shape index (κ3) is 3.84. The molecule has 0 saturated carbocycles. The lowest BCUT2D eigenvalue weighted by Crippen LogP contribution is -2.41. The van der Waals surface area contributed by atoms with Crippen LogP contribution < -0.4 is 10.6 Å². The van der Waals surface area contributed by atoms with E-state index in [0.717, 1.165) is 25.1 Å². The van der Waals surface area contributed by atoms with Crippen molar-refractivity contribution in [1.82, 2.24) is 10.6 Å². The Morgan fingerprint density at radius 2 is 2.22 bits per heavy atom. The number of hydrogen-bond acceptors (Lipinski definition) is 2. The molecular formula is C15H22N2O. The maximum absolute atomic E-state index is 12.0. The van der Waals surface area contributed by atoms with E-state index in [4.69, 9.17) is 0 Å². The first-order valence-electron chi connectivity index (χ1n) is 6.80. The lowest BCUT2D eigenvalue weighted by molar-refractivity contribution is -0.121. The van der Waals surface area contributed by atoms with Gasteiger partial charge in [0, 0.05) is 12.6 Å². The molecule has 1 unspecified atom stereocenters. The molecule has 1 aliphatic heterocycles. The summed E-state index contributed by atoms with van der Waals surface area (Å²) in [4.78, 5) is 12.0. The van der Waals surface area contributed by atoms with Crippen LogP contribution >= 0.6 is 0 Å². The van der Waals surface area contributed by atoms with Crippen molar-refractivity contribution in [3.8, 4) is 0 Å². The van der Waals surface area contributed by atoms with Crippen molar-refractivity contribution in [1.29, 1.82) is 0 Å². The molecule has 98 valence electrons. The molecule has 3 nitrogen and oxygen atoms in total. The van der Waals surface area contributed by atoms with Crippen LogP contribution in [-0.2, 0) is 11.2 Å². The maximum atomic E-state index is 12.0. The molecule has 1 amide bonds. The van der Waals surface area contributed by atoms with Gasteiger partial charge in [0.2, 0.25) is 5.91 Å². The molecule has 1 aromatic rings. The Labute approximate surface area is 109 Å². The molecule has 1 aliphatic rings. The Morgan fingerprint density at radius 3 is 3.06 bits per heavy atom. The van der Waals surface area contributed by atoms with E-state index in [1.165, 1.54) is 18.4 Å². The number of rotatable bonds is 3. The van der Waals surface area contributed by atoms with E-state index in [0.29, 0.717) is 12.5 Å². The van der Waals surface area contributed by atoms with Crippen molar-refractivity contribution in [2.75, 3.05) is 13.1 Å². The zero-order valence-electron chi connectivity index (χ0n) is 11.0. The number of hydrogen-bond donors (Lipinski definition) is 2. The molecule has 2 N–H and O–H groups in total. The summed E-state index contributed by atoms with van der Waals surface area (Å²) < 4.78 is 0. The Bertz CT molecular complexity index is 395. The second kappa shape index (κ2) is 6.55. The zero-order chi connectivity index (χ0) is 12.8. The van der Waals surface area contributed by atoms with Gasteiger partial charge in [0.25, 0.3) is 0 Å². The van der Waals surface area contributed by atoms with Gasteiger partial charge in [-0.05, 0) is 37.4 Å². The molecule has 1 atom stereocenters. The topological polar surface area (TPSA) is 41.1 Å². The highest BCUT2D eigenvalue weighted by molar-refractivity contribution is 5.79. The summed E-state index contributed by atoms with van der Waals surface area (Å²) >= 11 is 0. The molecule has 3 heteroatoms. The summed E-state index contributed by atoms with van der Waals surface area (Å²) in [5, 5.41) is 6.50. The fraction of sp³-hybridized carbons (Fsp3) is 0.533. The van der Waals surface area contributed by atoms with Gasteiger partial charge < -0.3 is 10.6 Å². The predicted molar refractivity (Wildman–Crippen MR) is 73.5 cm³/mol. The Kier molecular flexibility index (Phi) is 4.76. The molecule has 0 spiro atoms. The molecular weight excluding hydrogens is 224 g/mol. The largest absolute Gasteiger partial charge is 0.352 e. The second-order valence-electron chi connectivity index (χ2n) is 5.07. The molecule has 1 fully saturated rings. The van der Waals surface area contributed by atoms with Crippen molar-refractivity contribution in [2.45, 2.75) is 38.6 Å². The van der Waals surface area contributed by atoms with Crippen LogP contribution in [0.4, 0.5) is 0 Å². The van der Waals surface area contributed by atoms with Crippen LogP contribution in [0, 0.1) is 6.92 Å². The van der Waals surface area contributed by atoms with E-state index in [-0.39, 0.29) is 5.91 Å². The highest BCUT2D eigenvalue weighted by atomic mass is 16.1. The van der Waals surface area contributed by atoms with E-state index >= 15 is 0 Å². The standard InChI is InChI=1S/C15H22N2O/c1-12-6-2-3-7-13(12)10-15(18)17-14-8-4-5-9-16-11-14/h2-3,6-7,14,16H,4-5,8-11H2,1H3,(H,17,18). The van der Waals surface area contributed by atoms with Crippen LogP contribution in [-0.4, -0.2) is 25.0 Å². The van der Waals surface area contributed by atoms with Gasteiger partial charge in [-0.15, -0.1) is 0 Å². The molecule has 0 radical (unpaired) electrons. The predicted octanol–water partition coefficient (Wildman–Crippen LogP) is 1.80. The number of carbonyl (C=O) groups is 1. The molecule has 0 bridgehead atoms. The van der Waals surface area contributed by atoms with Crippen molar-refractivity contribution in [2.24, 2.45) is 0 Å². The summed E-state index contributed by atoms with van der Waals surface area (Å²) in [6, 6.07) is 8.37. The molecule has 0 aliphatic carbocycles. The normalized spacial score (nSPS) is 20.2. The minimum atomic E-state index is 0.137. The Morgan fingerprint density at radius 1 is 1.39 bits per heavy atom. The average Bonchev–Trinajstić information content (AvgIpc) is 2.61. The third-order valence-electron chi connectivity index (χ3n) is 3.52. The van der Waals surface area contributed by atoms with Crippen LogP contribution in [0.25, 0.3) is 0 Å². The van der Waals surface area contributed by atoms with Gasteiger partial charge >= 0.3 is 0 Å². The first-order valence-corrected chi connectivity index (χ1v) is 6.80. The number of amides is 1. The van der Waals surface area contributed by atoms with Crippen LogP contribution in [0.15, 0.2) is 24.3 Å². The summed E-state index contributed by atoms with van der Waals surface area (Å²) in [7, 11) is 0. The van der Waals surface area contributed by atoms with E-state index < -0.39 is 0 Å². The zero-order valence-corrected chi connectivity index (χ0v) is 11.0. The fourth-order valence-corrected chi connectivity index (χ4v) is 2.40. The lowest BCUT2D eigenvalue weighted by Gasteiger charge is -2.16. The van der Waals surface area contributed by atoms with Gasteiger partial charge in [0.15, 0.2) is 0 Å². The van der Waals surface area contributed by atoms with Crippen LogP contribution in [0.3, 0.4) is 0 Å². The number of benzene rings is 1. The van der Waals surface area contributed by atoms with Crippen LogP contribution in [0.1, 0.15) is 30.4 Å². The smallest absolute Gasteiger partial charge is 0.224 e. The third-order valence-corrected chi connectivity index (χ3v) is 3.52. The van der Waals surface area contributed by atoms with Gasteiger partial charge in [0.05, 0.1) is 6.42 Å². The van der Waals surface area contributed by atoms with Gasteiger partial charge in [-0.1, -0.05) is 30.7 Å². The SMILES string of the molecule is Cc1ccccc1CC(=O)NC1CCCCNC1. The maximum Gasteiger partial charge on any atom is 0.224 e. The summed E-state index contributed by atoms with van der Waals surface area (Å²) in [6.07, 6.45) is 3.99. The van der Waals surface area contributed by atoms with Crippen molar-refractivity contribution in [3.63, 3.8) is 0 Å². The van der Waals surface area contributed by atoms with E-state index in [1.807, 2.05) is 18.2 Å². The van der Waals surface area contributed by atoms with E-state index in [1.54, 1.807) is 0 Å². The molecule has 1 aromatic carbocycles. The first kappa shape index (κ1) is 13.1. The summed E-state index contributed by atoms with van der Waals surface area (Å²) in [5.74, 6) is 0.137. The Balaban J connectivity index is 1.86. The minimum Gasteiger partial charge on any atom is -0.352 e. The summed E-state index contributed by atoms with van der Waals surface area (Å²) in [6.45, 7) is 4.03.